The molecule has 3 heterocycles. The molecule has 4 nitrogen and oxygen atoms in total. The van der Waals surface area contributed by atoms with Crippen LogP contribution in [0.15, 0.2) is 164 Å². The van der Waals surface area contributed by atoms with Crippen molar-refractivity contribution >= 4 is 17.1 Å². The minimum atomic E-state index is -0.841. The first-order valence-corrected chi connectivity index (χ1v) is 23.4. The van der Waals surface area contributed by atoms with Crippen LogP contribution in [0.4, 0.5) is 17.1 Å². The molecule has 6 aromatic carbocycles. The molecular weight excluding hydrogens is 803 g/mol. The lowest BCUT2D eigenvalue weighted by molar-refractivity contribution is 0.481. The van der Waals surface area contributed by atoms with E-state index in [1.807, 2.05) is 30.6 Å². The Hall–Kier alpha value is -6.78. The summed E-state index contributed by atoms with van der Waals surface area (Å²) in [6.07, 6.45) is 3.79. The summed E-state index contributed by atoms with van der Waals surface area (Å²) in [5.41, 5.74) is 18.4. The summed E-state index contributed by atoms with van der Waals surface area (Å²) in [7, 11) is 0. The minimum Gasteiger partial charge on any atom is -0.457 e. The maximum Gasteiger partial charge on any atom is 0.128 e. The zero-order valence-corrected chi connectivity index (χ0v) is 40.8. The van der Waals surface area contributed by atoms with E-state index in [-0.39, 0.29) is 16.2 Å². The van der Waals surface area contributed by atoms with Gasteiger partial charge in [-0.05, 0) is 172 Å². The number of rotatable bonds is 7. The van der Waals surface area contributed by atoms with Crippen molar-refractivity contribution in [3.05, 3.63) is 220 Å². The lowest BCUT2D eigenvalue weighted by Gasteiger charge is -2.47. The molecule has 1 aliphatic rings. The molecule has 0 atom stereocenters. The van der Waals surface area contributed by atoms with Crippen molar-refractivity contribution in [1.29, 1.82) is 0 Å². The van der Waals surface area contributed by atoms with Gasteiger partial charge in [0.25, 0.3) is 0 Å². The first-order chi connectivity index (χ1) is 31.3. The number of aromatic nitrogens is 2. The Morgan fingerprint density at radius 3 is 1.58 bits per heavy atom. The Balaban J connectivity index is 1.31. The van der Waals surface area contributed by atoms with Crippen LogP contribution in [0.3, 0.4) is 0 Å². The second-order valence-corrected chi connectivity index (χ2v) is 21.4. The summed E-state index contributed by atoms with van der Waals surface area (Å²) in [5.74, 6) is 1.49. The highest BCUT2D eigenvalue weighted by atomic mass is 16.5. The van der Waals surface area contributed by atoms with Crippen LogP contribution in [-0.2, 0) is 21.7 Å². The first kappa shape index (κ1) is 44.4. The van der Waals surface area contributed by atoms with Gasteiger partial charge >= 0.3 is 0 Å². The van der Waals surface area contributed by atoms with E-state index < -0.39 is 5.41 Å². The van der Waals surface area contributed by atoms with E-state index in [0.29, 0.717) is 0 Å². The van der Waals surface area contributed by atoms with Crippen molar-refractivity contribution in [1.82, 2.24) is 9.97 Å². The Kier molecular flexibility index (Phi) is 11.2. The number of benzene rings is 6. The number of aryl methyl sites for hydroxylation is 3. The number of ether oxygens (including phenoxy) is 1. The van der Waals surface area contributed by atoms with Crippen LogP contribution in [-0.4, -0.2) is 9.97 Å². The number of anilines is 3. The van der Waals surface area contributed by atoms with Crippen LogP contribution in [0, 0.1) is 20.8 Å². The van der Waals surface area contributed by atoms with Crippen molar-refractivity contribution in [2.75, 3.05) is 4.90 Å². The molecule has 4 heteroatoms. The van der Waals surface area contributed by atoms with Gasteiger partial charge in [-0.3, -0.25) is 9.97 Å². The molecule has 0 saturated carbocycles. The van der Waals surface area contributed by atoms with E-state index in [9.17, 15) is 0 Å². The van der Waals surface area contributed by atoms with E-state index in [1.54, 1.807) is 0 Å². The first-order valence-electron chi connectivity index (χ1n) is 23.4. The molecular formula is C62H63N3O. The van der Waals surface area contributed by atoms with Crippen LogP contribution in [0.2, 0.25) is 0 Å². The number of hydrogen-bond donors (Lipinski definition) is 0. The van der Waals surface area contributed by atoms with E-state index in [2.05, 4.69) is 221 Å². The van der Waals surface area contributed by atoms with Crippen molar-refractivity contribution in [2.24, 2.45) is 0 Å². The van der Waals surface area contributed by atoms with E-state index in [1.165, 1.54) is 50.1 Å². The molecule has 1 aliphatic heterocycles. The molecule has 66 heavy (non-hydrogen) atoms. The standard InChI is InChI=1S/C62H63N3O/c1-40-32-41(2)58(42(3)33-40)44-34-43(54-20-13-15-30-63-54)35-51(36-44)66-50-19-17-18-48(37-50)62(57-21-14-16-31-64-57)52-38-46(60(7,8)9)24-28-55(52)65(49-26-22-45(23-27-49)59(4,5)6)56-29-25-47(39-53(56)62)61(10,11)12/h13-39H,1-12H3. The highest BCUT2D eigenvalue weighted by Crippen LogP contribution is 2.59. The third-order valence-electron chi connectivity index (χ3n) is 13.4. The monoisotopic (exact) mass is 865 g/mol. The maximum atomic E-state index is 7.12. The van der Waals surface area contributed by atoms with Crippen LogP contribution < -0.4 is 9.64 Å². The summed E-state index contributed by atoms with van der Waals surface area (Å²) < 4.78 is 7.12. The molecule has 9 rings (SSSR count). The molecule has 0 aliphatic carbocycles. The topological polar surface area (TPSA) is 38.2 Å². The highest BCUT2D eigenvalue weighted by molar-refractivity contribution is 5.90. The molecule has 0 unspecified atom stereocenters. The van der Waals surface area contributed by atoms with Crippen LogP contribution >= 0.6 is 0 Å². The Labute approximate surface area is 393 Å². The summed E-state index contributed by atoms with van der Waals surface area (Å²) >= 11 is 0. The van der Waals surface area contributed by atoms with E-state index in [0.717, 1.165) is 56.6 Å². The van der Waals surface area contributed by atoms with Gasteiger partial charge in [-0.15, -0.1) is 0 Å². The lowest BCUT2D eigenvalue weighted by atomic mass is 9.62. The van der Waals surface area contributed by atoms with Crippen molar-refractivity contribution < 1.29 is 4.74 Å². The van der Waals surface area contributed by atoms with Gasteiger partial charge in [0.15, 0.2) is 0 Å². The summed E-state index contributed by atoms with van der Waals surface area (Å²) in [4.78, 5) is 12.6. The maximum absolute atomic E-state index is 7.12. The van der Waals surface area contributed by atoms with Crippen LogP contribution in [0.5, 0.6) is 11.5 Å². The molecule has 0 radical (unpaired) electrons. The van der Waals surface area contributed by atoms with Crippen molar-refractivity contribution in [3.8, 4) is 33.9 Å². The van der Waals surface area contributed by atoms with Gasteiger partial charge in [-0.25, -0.2) is 0 Å². The number of pyridine rings is 2. The Morgan fingerprint density at radius 1 is 0.470 bits per heavy atom. The average molecular weight is 866 g/mol. The molecule has 0 fully saturated rings. The number of nitrogens with zero attached hydrogens (tertiary/aromatic N) is 3. The fourth-order valence-electron chi connectivity index (χ4n) is 10.0. The third kappa shape index (κ3) is 8.12. The predicted octanol–water partition coefficient (Wildman–Crippen LogP) is 16.6. The van der Waals surface area contributed by atoms with Crippen molar-refractivity contribution in [2.45, 2.75) is 105 Å². The summed E-state index contributed by atoms with van der Waals surface area (Å²) in [6.45, 7) is 27.2. The average Bonchev–Trinajstić information content (AvgIpc) is 3.27. The second kappa shape index (κ2) is 16.6. The predicted molar refractivity (Wildman–Crippen MR) is 276 cm³/mol. The van der Waals surface area contributed by atoms with Gasteiger partial charge in [0.05, 0.1) is 28.2 Å². The van der Waals surface area contributed by atoms with Gasteiger partial charge in [0, 0.05) is 23.6 Å². The second-order valence-electron chi connectivity index (χ2n) is 21.4. The molecule has 0 spiro atoms. The minimum absolute atomic E-state index is 0.0283. The molecule has 8 aromatic rings. The number of hydrogen-bond acceptors (Lipinski definition) is 4. The molecule has 0 saturated heterocycles. The molecule has 0 amide bonds. The smallest absolute Gasteiger partial charge is 0.128 e. The van der Waals surface area contributed by atoms with Crippen LogP contribution in [0.25, 0.3) is 22.4 Å². The zero-order chi connectivity index (χ0) is 46.8. The fourth-order valence-corrected chi connectivity index (χ4v) is 10.0. The molecule has 332 valence electrons. The van der Waals surface area contributed by atoms with Crippen LogP contribution in [0.1, 0.15) is 118 Å². The summed E-state index contributed by atoms with van der Waals surface area (Å²) in [6, 6.07) is 55.6. The quantitative estimate of drug-likeness (QED) is 0.160. The Morgan fingerprint density at radius 2 is 1.03 bits per heavy atom. The summed E-state index contributed by atoms with van der Waals surface area (Å²) in [5, 5.41) is 0. The van der Waals surface area contributed by atoms with Crippen molar-refractivity contribution in [3.63, 3.8) is 0 Å². The number of fused-ring (bicyclic) bond motifs is 2. The van der Waals surface area contributed by atoms with E-state index >= 15 is 0 Å². The van der Waals surface area contributed by atoms with Gasteiger partial charge < -0.3 is 9.64 Å². The van der Waals surface area contributed by atoms with Gasteiger partial charge in [-0.1, -0.05) is 141 Å². The lowest BCUT2D eigenvalue weighted by Crippen LogP contribution is -2.39. The highest BCUT2D eigenvalue weighted by Gasteiger charge is 2.48. The van der Waals surface area contributed by atoms with E-state index in [4.69, 9.17) is 14.7 Å². The fraction of sp³-hybridized carbons (Fsp3) is 0.258. The zero-order valence-electron chi connectivity index (χ0n) is 40.8. The largest absolute Gasteiger partial charge is 0.457 e. The normalized spacial score (nSPS) is 13.5. The van der Waals surface area contributed by atoms with Gasteiger partial charge in [0.1, 0.15) is 11.5 Å². The Bertz CT molecular complexity index is 2980. The SMILES string of the molecule is Cc1cc(C)c(-c2cc(Oc3cccc(C4(c5ccccn5)c5cc(C(C)(C)C)ccc5N(c5ccc(C(C)(C)C)cc5)c5ccc(C(C)(C)C)cc54)c3)cc(-c3ccccn3)c2)c(C)c1. The van der Waals surface area contributed by atoms with Gasteiger partial charge in [-0.2, -0.15) is 0 Å². The third-order valence-corrected chi connectivity index (χ3v) is 13.4. The molecule has 0 N–H and O–H groups in total. The van der Waals surface area contributed by atoms with Gasteiger partial charge in [0.2, 0.25) is 0 Å². The molecule has 2 aromatic heterocycles. The molecule has 0 bridgehead atoms.